The van der Waals surface area contributed by atoms with Crippen molar-refractivity contribution in [2.75, 3.05) is 0 Å². The van der Waals surface area contributed by atoms with E-state index >= 15 is 0 Å². The Labute approximate surface area is 116 Å². The van der Waals surface area contributed by atoms with Gasteiger partial charge in [-0.2, -0.15) is 0 Å². The van der Waals surface area contributed by atoms with Crippen LogP contribution in [0, 0.1) is 11.6 Å². The Morgan fingerprint density at radius 3 is 2.60 bits per heavy atom. The second kappa shape index (κ2) is 5.48. The Bertz CT molecular complexity index is 509. The number of rotatable bonds is 3. The SMILES string of the molecule is O=C(Cc1ccc(F)cc1F)NC1CC2CCC(C1)N2. The van der Waals surface area contributed by atoms with Crippen LogP contribution in [0.2, 0.25) is 0 Å². The van der Waals surface area contributed by atoms with Crippen molar-refractivity contribution < 1.29 is 13.6 Å². The zero-order valence-electron chi connectivity index (χ0n) is 11.2. The minimum absolute atomic E-state index is 0.0363. The molecule has 0 saturated carbocycles. The van der Waals surface area contributed by atoms with E-state index in [0.29, 0.717) is 12.1 Å². The summed E-state index contributed by atoms with van der Waals surface area (Å²) in [6, 6.07) is 4.49. The van der Waals surface area contributed by atoms with Gasteiger partial charge in [0.15, 0.2) is 0 Å². The van der Waals surface area contributed by atoms with E-state index in [1.807, 2.05) is 0 Å². The topological polar surface area (TPSA) is 41.1 Å². The van der Waals surface area contributed by atoms with Crippen LogP contribution in [0.15, 0.2) is 18.2 Å². The van der Waals surface area contributed by atoms with Gasteiger partial charge in [-0.3, -0.25) is 4.79 Å². The molecule has 1 aromatic carbocycles. The van der Waals surface area contributed by atoms with Gasteiger partial charge in [0.05, 0.1) is 6.42 Å². The number of carbonyl (C=O) groups is 1. The molecule has 3 nitrogen and oxygen atoms in total. The van der Waals surface area contributed by atoms with E-state index in [0.717, 1.165) is 18.9 Å². The van der Waals surface area contributed by atoms with Crippen molar-refractivity contribution in [3.8, 4) is 0 Å². The molecule has 2 unspecified atom stereocenters. The minimum Gasteiger partial charge on any atom is -0.353 e. The maximum Gasteiger partial charge on any atom is 0.224 e. The van der Waals surface area contributed by atoms with Crippen LogP contribution in [0.3, 0.4) is 0 Å². The third kappa shape index (κ3) is 2.98. The van der Waals surface area contributed by atoms with Gasteiger partial charge in [0.2, 0.25) is 5.91 Å². The van der Waals surface area contributed by atoms with E-state index in [4.69, 9.17) is 0 Å². The summed E-state index contributed by atoms with van der Waals surface area (Å²) in [6.07, 6.45) is 4.18. The summed E-state index contributed by atoms with van der Waals surface area (Å²) in [5.41, 5.74) is 0.237. The molecule has 0 spiro atoms. The zero-order chi connectivity index (χ0) is 14.1. The molecule has 1 amide bonds. The van der Waals surface area contributed by atoms with E-state index < -0.39 is 11.6 Å². The number of hydrogen-bond donors (Lipinski definition) is 2. The van der Waals surface area contributed by atoms with E-state index in [-0.39, 0.29) is 23.9 Å². The van der Waals surface area contributed by atoms with Gasteiger partial charge >= 0.3 is 0 Å². The predicted molar refractivity (Wildman–Crippen MR) is 71.2 cm³/mol. The fraction of sp³-hybridized carbons (Fsp3) is 0.533. The molecule has 0 aliphatic carbocycles. The maximum absolute atomic E-state index is 13.5. The lowest BCUT2D eigenvalue weighted by Gasteiger charge is -2.29. The van der Waals surface area contributed by atoms with Gasteiger partial charge in [-0.25, -0.2) is 8.78 Å². The summed E-state index contributed by atoms with van der Waals surface area (Å²) in [5, 5.41) is 6.48. The molecule has 2 aliphatic rings. The Morgan fingerprint density at radius 2 is 1.95 bits per heavy atom. The van der Waals surface area contributed by atoms with Crippen LogP contribution < -0.4 is 10.6 Å². The van der Waals surface area contributed by atoms with Crippen molar-refractivity contribution in [2.45, 2.75) is 50.2 Å². The smallest absolute Gasteiger partial charge is 0.224 e. The average Bonchev–Trinajstić information content (AvgIpc) is 2.72. The van der Waals surface area contributed by atoms with Gasteiger partial charge < -0.3 is 10.6 Å². The summed E-state index contributed by atoms with van der Waals surface area (Å²) in [4.78, 5) is 12.0. The quantitative estimate of drug-likeness (QED) is 0.888. The first-order valence-electron chi connectivity index (χ1n) is 7.09. The summed E-state index contributed by atoms with van der Waals surface area (Å²) in [6.45, 7) is 0. The third-order valence-corrected chi connectivity index (χ3v) is 4.20. The number of benzene rings is 1. The number of nitrogens with one attached hydrogen (secondary N) is 2. The van der Waals surface area contributed by atoms with Gasteiger partial charge in [-0.05, 0) is 37.3 Å². The molecule has 2 N–H and O–H groups in total. The molecule has 2 bridgehead atoms. The molecular formula is C15H18F2N2O. The standard InChI is InChI=1S/C15H18F2N2O/c16-10-2-1-9(14(17)6-10)5-15(20)19-13-7-11-3-4-12(8-13)18-11/h1-2,6,11-13,18H,3-5,7-8H2,(H,19,20). The first-order valence-corrected chi connectivity index (χ1v) is 7.09. The second-order valence-corrected chi connectivity index (χ2v) is 5.79. The van der Waals surface area contributed by atoms with Gasteiger partial charge in [0.1, 0.15) is 11.6 Å². The number of halogens is 2. The van der Waals surface area contributed by atoms with Gasteiger partial charge in [-0.1, -0.05) is 6.07 Å². The van der Waals surface area contributed by atoms with Crippen LogP contribution in [0.5, 0.6) is 0 Å². The molecule has 2 aliphatic heterocycles. The Balaban J connectivity index is 1.57. The number of hydrogen-bond acceptors (Lipinski definition) is 2. The summed E-state index contributed by atoms with van der Waals surface area (Å²) in [5.74, 6) is -1.48. The molecule has 5 heteroatoms. The lowest BCUT2D eigenvalue weighted by molar-refractivity contribution is -0.121. The Morgan fingerprint density at radius 1 is 1.25 bits per heavy atom. The summed E-state index contributed by atoms with van der Waals surface area (Å²) >= 11 is 0. The number of fused-ring (bicyclic) bond motifs is 2. The van der Waals surface area contributed by atoms with Crippen molar-refractivity contribution >= 4 is 5.91 Å². The monoisotopic (exact) mass is 280 g/mol. The molecule has 2 heterocycles. The molecule has 0 aromatic heterocycles. The molecule has 1 aromatic rings. The fourth-order valence-corrected chi connectivity index (χ4v) is 3.29. The Kier molecular flexibility index (Phi) is 3.70. The molecule has 2 saturated heterocycles. The van der Waals surface area contributed by atoms with Crippen LogP contribution in [0.25, 0.3) is 0 Å². The van der Waals surface area contributed by atoms with Crippen LogP contribution in [0.1, 0.15) is 31.2 Å². The molecule has 0 radical (unpaired) electrons. The lowest BCUT2D eigenvalue weighted by Crippen LogP contribution is -2.48. The highest BCUT2D eigenvalue weighted by Gasteiger charge is 2.33. The highest BCUT2D eigenvalue weighted by atomic mass is 19.1. The summed E-state index contributed by atoms with van der Waals surface area (Å²) < 4.78 is 26.3. The maximum atomic E-state index is 13.5. The first kappa shape index (κ1) is 13.5. The minimum atomic E-state index is -0.662. The van der Waals surface area contributed by atoms with Crippen LogP contribution in [-0.2, 0) is 11.2 Å². The highest BCUT2D eigenvalue weighted by molar-refractivity contribution is 5.78. The van der Waals surface area contributed by atoms with Crippen molar-refractivity contribution in [1.29, 1.82) is 0 Å². The van der Waals surface area contributed by atoms with Crippen LogP contribution in [0.4, 0.5) is 8.78 Å². The van der Waals surface area contributed by atoms with Crippen molar-refractivity contribution in [3.63, 3.8) is 0 Å². The highest BCUT2D eigenvalue weighted by Crippen LogP contribution is 2.26. The van der Waals surface area contributed by atoms with Crippen molar-refractivity contribution in [3.05, 3.63) is 35.4 Å². The molecule has 2 fully saturated rings. The third-order valence-electron chi connectivity index (χ3n) is 4.20. The van der Waals surface area contributed by atoms with E-state index in [9.17, 15) is 13.6 Å². The molecule has 20 heavy (non-hydrogen) atoms. The number of carbonyl (C=O) groups excluding carboxylic acids is 1. The largest absolute Gasteiger partial charge is 0.353 e. The normalized spacial score (nSPS) is 28.4. The van der Waals surface area contributed by atoms with Crippen molar-refractivity contribution in [2.24, 2.45) is 0 Å². The first-order chi connectivity index (χ1) is 9.60. The van der Waals surface area contributed by atoms with Gasteiger partial charge in [0.25, 0.3) is 0 Å². The number of piperidine rings is 1. The van der Waals surface area contributed by atoms with Crippen molar-refractivity contribution in [1.82, 2.24) is 10.6 Å². The number of amides is 1. The zero-order valence-corrected chi connectivity index (χ0v) is 11.2. The molecule has 3 rings (SSSR count). The Hall–Kier alpha value is -1.49. The van der Waals surface area contributed by atoms with Gasteiger partial charge in [-0.15, -0.1) is 0 Å². The van der Waals surface area contributed by atoms with Crippen LogP contribution in [-0.4, -0.2) is 24.0 Å². The predicted octanol–water partition coefficient (Wildman–Crippen LogP) is 1.91. The van der Waals surface area contributed by atoms with E-state index in [1.54, 1.807) is 0 Å². The second-order valence-electron chi connectivity index (χ2n) is 5.79. The van der Waals surface area contributed by atoms with Gasteiger partial charge in [0, 0.05) is 24.2 Å². The summed E-state index contributed by atoms with van der Waals surface area (Å²) in [7, 11) is 0. The molecular weight excluding hydrogens is 262 g/mol. The molecule has 2 atom stereocenters. The van der Waals surface area contributed by atoms with E-state index in [2.05, 4.69) is 10.6 Å². The molecule has 108 valence electrons. The lowest BCUT2D eigenvalue weighted by atomic mass is 9.99. The van der Waals surface area contributed by atoms with Crippen LogP contribution >= 0.6 is 0 Å². The average molecular weight is 280 g/mol. The van der Waals surface area contributed by atoms with E-state index in [1.165, 1.54) is 25.0 Å². The fourth-order valence-electron chi connectivity index (χ4n) is 3.29.